The van der Waals surface area contributed by atoms with Gasteiger partial charge in [-0.25, -0.2) is 4.68 Å². The Morgan fingerprint density at radius 1 is 1.19 bits per heavy atom. The number of aromatic nitrogens is 2. The van der Waals surface area contributed by atoms with Gasteiger partial charge in [0.25, 0.3) is 5.91 Å². The van der Waals surface area contributed by atoms with E-state index in [4.69, 9.17) is 23.2 Å². The van der Waals surface area contributed by atoms with Gasteiger partial charge in [0.15, 0.2) is 0 Å². The van der Waals surface area contributed by atoms with Crippen molar-refractivity contribution in [3.63, 3.8) is 0 Å². The zero-order valence-electron chi connectivity index (χ0n) is 15.0. The number of carbonyl (C=O) groups is 1. The monoisotopic (exact) mass is 402 g/mol. The number of benzene rings is 1. The Labute approximate surface area is 168 Å². The number of likely N-dealkylation sites (tertiary alicyclic amines) is 1. The van der Waals surface area contributed by atoms with Crippen LogP contribution in [0.3, 0.4) is 0 Å². The molecule has 4 rings (SSSR count). The Bertz CT molecular complexity index is 910. The Kier molecular flexibility index (Phi) is 5.79. The first-order chi connectivity index (χ1) is 13.1. The third-order valence-electron chi connectivity index (χ3n) is 4.79. The summed E-state index contributed by atoms with van der Waals surface area (Å²) in [6, 6.07) is 7.05. The summed E-state index contributed by atoms with van der Waals surface area (Å²) in [6.45, 7) is 3.54. The lowest BCUT2D eigenvalue weighted by Gasteiger charge is -2.32. The predicted octanol–water partition coefficient (Wildman–Crippen LogP) is 4.35. The number of allylic oxidation sites excluding steroid dienone is 1. The van der Waals surface area contributed by atoms with E-state index in [9.17, 15) is 4.79 Å². The van der Waals surface area contributed by atoms with Crippen LogP contribution in [-0.4, -0.2) is 33.7 Å². The van der Waals surface area contributed by atoms with Crippen molar-refractivity contribution in [1.29, 1.82) is 0 Å². The summed E-state index contributed by atoms with van der Waals surface area (Å²) in [4.78, 5) is 15.1. The molecule has 1 saturated heterocycles. The van der Waals surface area contributed by atoms with Crippen molar-refractivity contribution in [1.82, 2.24) is 14.7 Å². The van der Waals surface area contributed by atoms with Gasteiger partial charge in [-0.3, -0.25) is 4.79 Å². The number of terminal acetylenes is 1. The Hall–Kier alpha value is -2.42. The highest BCUT2D eigenvalue weighted by Gasteiger charge is 2.35. The molecule has 1 aromatic carbocycles. The third kappa shape index (κ3) is 3.55. The van der Waals surface area contributed by atoms with E-state index in [0.717, 1.165) is 43.0 Å². The summed E-state index contributed by atoms with van der Waals surface area (Å²) in [5.74, 6) is 0.909. The fourth-order valence-electron chi connectivity index (χ4n) is 3.56. The zero-order valence-corrected chi connectivity index (χ0v) is 16.5. The van der Waals surface area contributed by atoms with Crippen molar-refractivity contribution in [2.75, 3.05) is 18.4 Å². The molecule has 1 aromatic heterocycles. The van der Waals surface area contributed by atoms with Gasteiger partial charge in [-0.1, -0.05) is 29.3 Å². The van der Waals surface area contributed by atoms with Gasteiger partial charge in [0.2, 0.25) is 0 Å². The zero-order chi connectivity index (χ0) is 19.6. The fourth-order valence-corrected chi connectivity index (χ4v) is 3.87. The molecule has 0 aliphatic carbocycles. The molecule has 7 heteroatoms. The number of hydrogen-bond acceptors (Lipinski definition) is 3. The van der Waals surface area contributed by atoms with Gasteiger partial charge < -0.3 is 10.2 Å². The van der Waals surface area contributed by atoms with Crippen LogP contribution in [0.15, 0.2) is 41.7 Å². The van der Waals surface area contributed by atoms with Crippen LogP contribution in [0.2, 0.25) is 10.0 Å². The van der Waals surface area contributed by atoms with Crippen LogP contribution in [-0.2, 0) is 4.79 Å². The first-order valence-corrected chi connectivity index (χ1v) is 9.40. The molecule has 1 unspecified atom stereocenters. The van der Waals surface area contributed by atoms with Gasteiger partial charge in [0, 0.05) is 24.9 Å². The smallest absolute Gasteiger partial charge is 0.254 e. The first-order valence-electron chi connectivity index (χ1n) is 8.65. The third-order valence-corrected chi connectivity index (χ3v) is 5.53. The second kappa shape index (κ2) is 8.08. The van der Waals surface area contributed by atoms with Gasteiger partial charge in [-0.05, 0) is 37.5 Å². The standard InChI is InChI=1S/C18H18Cl2N4O.C2H2/c1-11-16(18(25)23-8-2-3-9-23)17(24-15(22-11)6-7-21-24)12-4-5-13(19)14(20)10-12;1-2/h4-7,10,17,22H,2-3,8-9H2,1H3;1-2H. The molecule has 27 heavy (non-hydrogen) atoms. The normalized spacial score (nSPS) is 18.4. The number of nitrogens with zero attached hydrogens (tertiary/aromatic N) is 3. The molecule has 1 atom stereocenters. The SMILES string of the molecule is C#C.CC1=C(C(=O)N2CCCC2)C(c2ccc(Cl)c(Cl)c2)n2nccc2N1. The van der Waals surface area contributed by atoms with Crippen molar-refractivity contribution in [3.05, 3.63) is 57.3 Å². The van der Waals surface area contributed by atoms with Crippen LogP contribution in [0, 0.1) is 12.8 Å². The van der Waals surface area contributed by atoms with Gasteiger partial charge in [0.1, 0.15) is 11.9 Å². The van der Waals surface area contributed by atoms with Crippen LogP contribution in [0.25, 0.3) is 0 Å². The highest BCUT2D eigenvalue weighted by atomic mass is 35.5. The van der Waals surface area contributed by atoms with E-state index in [2.05, 4.69) is 23.3 Å². The molecule has 1 fully saturated rings. The van der Waals surface area contributed by atoms with E-state index < -0.39 is 0 Å². The lowest BCUT2D eigenvalue weighted by Crippen LogP contribution is -2.36. The maximum atomic E-state index is 13.2. The molecule has 0 bridgehead atoms. The molecule has 0 radical (unpaired) electrons. The van der Waals surface area contributed by atoms with Gasteiger partial charge in [0.05, 0.1) is 21.8 Å². The summed E-state index contributed by atoms with van der Waals surface area (Å²) in [5, 5.41) is 8.69. The lowest BCUT2D eigenvalue weighted by molar-refractivity contribution is -0.126. The van der Waals surface area contributed by atoms with E-state index in [0.29, 0.717) is 15.6 Å². The van der Waals surface area contributed by atoms with E-state index in [1.807, 2.05) is 34.7 Å². The Morgan fingerprint density at radius 3 is 2.56 bits per heavy atom. The number of amides is 1. The second-order valence-electron chi connectivity index (χ2n) is 6.40. The second-order valence-corrected chi connectivity index (χ2v) is 7.21. The summed E-state index contributed by atoms with van der Waals surface area (Å²) in [5.41, 5.74) is 2.44. The molecule has 2 aromatic rings. The lowest BCUT2D eigenvalue weighted by atomic mass is 9.94. The highest BCUT2D eigenvalue weighted by molar-refractivity contribution is 6.42. The number of carbonyl (C=O) groups excluding carboxylic acids is 1. The number of rotatable bonds is 2. The van der Waals surface area contributed by atoms with E-state index in [1.54, 1.807) is 12.3 Å². The highest BCUT2D eigenvalue weighted by Crippen LogP contribution is 2.38. The number of halogens is 2. The molecule has 5 nitrogen and oxygen atoms in total. The summed E-state index contributed by atoms with van der Waals surface area (Å²) < 4.78 is 1.83. The van der Waals surface area contributed by atoms with E-state index in [-0.39, 0.29) is 11.9 Å². The van der Waals surface area contributed by atoms with Gasteiger partial charge >= 0.3 is 0 Å². The van der Waals surface area contributed by atoms with Crippen LogP contribution in [0.5, 0.6) is 0 Å². The van der Waals surface area contributed by atoms with Crippen molar-refractivity contribution in [2.24, 2.45) is 0 Å². The molecular formula is C20H20Cl2N4O. The van der Waals surface area contributed by atoms with E-state index in [1.165, 1.54) is 0 Å². The van der Waals surface area contributed by atoms with Crippen LogP contribution >= 0.6 is 23.2 Å². The van der Waals surface area contributed by atoms with E-state index >= 15 is 0 Å². The quantitative estimate of drug-likeness (QED) is 0.759. The molecule has 1 N–H and O–H groups in total. The average molecular weight is 403 g/mol. The Balaban J connectivity index is 0.00000102. The van der Waals surface area contributed by atoms with Crippen molar-refractivity contribution in [2.45, 2.75) is 25.8 Å². The minimum atomic E-state index is -0.325. The molecule has 3 heterocycles. The maximum absolute atomic E-state index is 13.2. The minimum Gasteiger partial charge on any atom is -0.344 e. The summed E-state index contributed by atoms with van der Waals surface area (Å²) >= 11 is 12.3. The topological polar surface area (TPSA) is 50.2 Å². The molecule has 2 aliphatic heterocycles. The number of nitrogens with one attached hydrogen (secondary N) is 1. The summed E-state index contributed by atoms with van der Waals surface area (Å²) in [7, 11) is 0. The summed E-state index contributed by atoms with van der Waals surface area (Å²) in [6.07, 6.45) is 11.8. The fraction of sp³-hybridized carbons (Fsp3) is 0.300. The minimum absolute atomic E-state index is 0.0553. The van der Waals surface area contributed by atoms with Crippen LogP contribution < -0.4 is 5.32 Å². The average Bonchev–Trinajstić information content (AvgIpc) is 3.35. The predicted molar refractivity (Wildman–Crippen MR) is 109 cm³/mol. The first kappa shape index (κ1) is 19.3. The molecule has 140 valence electrons. The molecular weight excluding hydrogens is 383 g/mol. The molecule has 0 spiro atoms. The Morgan fingerprint density at radius 2 is 1.89 bits per heavy atom. The van der Waals surface area contributed by atoms with Crippen molar-refractivity contribution in [3.8, 4) is 12.8 Å². The van der Waals surface area contributed by atoms with Gasteiger partial charge in [-0.2, -0.15) is 5.10 Å². The number of fused-ring (bicyclic) bond motifs is 1. The maximum Gasteiger partial charge on any atom is 0.254 e. The van der Waals surface area contributed by atoms with Crippen molar-refractivity contribution < 1.29 is 4.79 Å². The number of anilines is 1. The van der Waals surface area contributed by atoms with Crippen molar-refractivity contribution >= 4 is 34.9 Å². The molecule has 2 aliphatic rings. The molecule has 0 saturated carbocycles. The number of hydrogen-bond donors (Lipinski definition) is 1. The van der Waals surface area contributed by atoms with Crippen LogP contribution in [0.1, 0.15) is 31.4 Å². The largest absolute Gasteiger partial charge is 0.344 e. The van der Waals surface area contributed by atoms with Gasteiger partial charge in [-0.15, -0.1) is 12.8 Å². The van der Waals surface area contributed by atoms with Crippen LogP contribution in [0.4, 0.5) is 5.82 Å². The molecule has 1 amide bonds.